The molecule has 1 aromatic rings. The Morgan fingerprint density at radius 3 is 2.60 bits per heavy atom. The van der Waals surface area contributed by atoms with Crippen molar-refractivity contribution in [3.63, 3.8) is 0 Å². The average Bonchev–Trinajstić information content (AvgIpc) is 2.82. The van der Waals surface area contributed by atoms with Crippen LogP contribution < -0.4 is 5.73 Å². The molecule has 4 nitrogen and oxygen atoms in total. The molecular formula is C21H31N3O. The number of nitrogens with two attached hydrogens (primary N) is 1. The molecule has 1 unspecified atom stereocenters. The van der Waals surface area contributed by atoms with Crippen molar-refractivity contribution in [2.24, 2.45) is 16.6 Å². The lowest BCUT2D eigenvalue weighted by atomic mass is 9.77. The van der Waals surface area contributed by atoms with Gasteiger partial charge in [-0.15, -0.1) is 0 Å². The number of guanidine groups is 1. The first-order chi connectivity index (χ1) is 12.0. The third kappa shape index (κ3) is 3.88. The number of hydrogen-bond acceptors (Lipinski definition) is 3. The minimum Gasteiger partial charge on any atom is -0.369 e. The van der Waals surface area contributed by atoms with Gasteiger partial charge >= 0.3 is 0 Å². The summed E-state index contributed by atoms with van der Waals surface area (Å²) >= 11 is 0. The maximum absolute atomic E-state index is 13.0. The Morgan fingerprint density at radius 2 is 1.96 bits per heavy atom. The van der Waals surface area contributed by atoms with E-state index in [4.69, 9.17) is 10.7 Å². The Labute approximate surface area is 151 Å². The van der Waals surface area contributed by atoms with Crippen molar-refractivity contribution in [3.05, 3.63) is 35.4 Å². The predicted octanol–water partition coefficient (Wildman–Crippen LogP) is 3.81. The number of aryl methyl sites for hydroxylation is 2. The summed E-state index contributed by atoms with van der Waals surface area (Å²) in [6.07, 6.45) is 9.97. The van der Waals surface area contributed by atoms with Gasteiger partial charge in [-0.3, -0.25) is 9.69 Å². The van der Waals surface area contributed by atoms with Gasteiger partial charge in [0.1, 0.15) is 5.54 Å². The van der Waals surface area contributed by atoms with Crippen molar-refractivity contribution in [1.29, 1.82) is 0 Å². The van der Waals surface area contributed by atoms with Gasteiger partial charge in [0.25, 0.3) is 5.91 Å². The number of hydrogen-bond donors (Lipinski definition) is 1. The van der Waals surface area contributed by atoms with Crippen molar-refractivity contribution < 1.29 is 4.79 Å². The maximum atomic E-state index is 13.0. The second-order valence-electron chi connectivity index (χ2n) is 7.85. The molecule has 1 amide bonds. The fourth-order valence-electron chi connectivity index (χ4n) is 4.49. The summed E-state index contributed by atoms with van der Waals surface area (Å²) < 4.78 is 0. The molecule has 1 heterocycles. The van der Waals surface area contributed by atoms with Crippen molar-refractivity contribution in [1.82, 2.24) is 4.90 Å². The first kappa shape index (κ1) is 18.0. The number of carbonyl (C=O) groups is 1. The normalized spacial score (nSPS) is 24.6. The van der Waals surface area contributed by atoms with Gasteiger partial charge in [-0.2, -0.15) is 0 Å². The van der Waals surface area contributed by atoms with Gasteiger partial charge in [-0.05, 0) is 49.7 Å². The molecule has 1 saturated carbocycles. The molecule has 0 bridgehead atoms. The zero-order chi connectivity index (χ0) is 17.9. The minimum atomic E-state index is -0.622. The highest BCUT2D eigenvalue weighted by molar-refractivity contribution is 6.06. The zero-order valence-corrected chi connectivity index (χ0v) is 15.6. The van der Waals surface area contributed by atoms with Gasteiger partial charge in [0.15, 0.2) is 5.96 Å². The molecule has 25 heavy (non-hydrogen) atoms. The van der Waals surface area contributed by atoms with E-state index in [9.17, 15) is 4.79 Å². The molecule has 0 saturated heterocycles. The number of amides is 1. The molecule has 1 fully saturated rings. The van der Waals surface area contributed by atoms with Crippen LogP contribution in [0.2, 0.25) is 0 Å². The summed E-state index contributed by atoms with van der Waals surface area (Å²) in [5.74, 6) is 1.09. The lowest BCUT2D eigenvalue weighted by Gasteiger charge is -2.31. The number of nitrogens with zero attached hydrogens (tertiary/aromatic N) is 2. The van der Waals surface area contributed by atoms with Crippen LogP contribution in [0, 0.1) is 12.8 Å². The third-order valence-electron chi connectivity index (χ3n) is 6.02. The Hall–Kier alpha value is -1.84. The van der Waals surface area contributed by atoms with Gasteiger partial charge in [-0.25, -0.2) is 4.99 Å². The summed E-state index contributed by atoms with van der Waals surface area (Å²) in [4.78, 5) is 19.2. The number of likely N-dealkylation sites (N-methyl/N-ethyl adjacent to an activating group) is 1. The van der Waals surface area contributed by atoms with Crippen LogP contribution in [-0.4, -0.2) is 29.4 Å². The van der Waals surface area contributed by atoms with Gasteiger partial charge in [0.05, 0.1) is 0 Å². The topological polar surface area (TPSA) is 58.7 Å². The first-order valence-corrected chi connectivity index (χ1v) is 9.70. The van der Waals surface area contributed by atoms with Crippen molar-refractivity contribution >= 4 is 11.9 Å². The lowest BCUT2D eigenvalue weighted by molar-refractivity contribution is -0.131. The fourth-order valence-corrected chi connectivity index (χ4v) is 4.49. The molecule has 0 spiro atoms. The van der Waals surface area contributed by atoms with E-state index < -0.39 is 5.54 Å². The van der Waals surface area contributed by atoms with Crippen LogP contribution in [0.4, 0.5) is 0 Å². The molecule has 1 atom stereocenters. The van der Waals surface area contributed by atoms with Crippen LogP contribution in [-0.2, 0) is 11.2 Å². The molecule has 4 heteroatoms. The molecule has 3 rings (SSSR count). The Balaban J connectivity index is 1.71. The SMILES string of the molecule is Cc1ccccc1CCCC1(CC2CCCCC2)N=C(N)N(C)C1=O. The zero-order valence-electron chi connectivity index (χ0n) is 15.6. The molecular weight excluding hydrogens is 310 g/mol. The van der Waals surface area contributed by atoms with E-state index in [0.717, 1.165) is 25.7 Å². The highest BCUT2D eigenvalue weighted by Gasteiger charge is 2.47. The fraction of sp³-hybridized carbons (Fsp3) is 0.619. The lowest BCUT2D eigenvalue weighted by Crippen LogP contribution is -2.43. The maximum Gasteiger partial charge on any atom is 0.257 e. The molecule has 0 radical (unpaired) electrons. The smallest absolute Gasteiger partial charge is 0.257 e. The Bertz CT molecular complexity index is 648. The quantitative estimate of drug-likeness (QED) is 0.855. The largest absolute Gasteiger partial charge is 0.369 e. The van der Waals surface area contributed by atoms with Crippen LogP contribution in [0.15, 0.2) is 29.3 Å². The molecule has 1 aliphatic heterocycles. The summed E-state index contributed by atoms with van der Waals surface area (Å²) in [5.41, 5.74) is 8.08. The second kappa shape index (κ2) is 7.59. The van der Waals surface area contributed by atoms with E-state index in [0.29, 0.717) is 11.9 Å². The van der Waals surface area contributed by atoms with Crippen LogP contribution in [0.5, 0.6) is 0 Å². The first-order valence-electron chi connectivity index (χ1n) is 9.70. The van der Waals surface area contributed by atoms with Crippen LogP contribution in [0.3, 0.4) is 0 Å². The predicted molar refractivity (Wildman–Crippen MR) is 102 cm³/mol. The number of rotatable bonds is 6. The molecule has 0 aromatic heterocycles. The van der Waals surface area contributed by atoms with Crippen LogP contribution in [0.25, 0.3) is 0 Å². The third-order valence-corrected chi connectivity index (χ3v) is 6.02. The van der Waals surface area contributed by atoms with Crippen molar-refractivity contribution in [2.45, 2.75) is 70.3 Å². The van der Waals surface area contributed by atoms with Gasteiger partial charge in [0.2, 0.25) is 0 Å². The van der Waals surface area contributed by atoms with E-state index in [1.165, 1.54) is 43.2 Å². The highest BCUT2D eigenvalue weighted by Crippen LogP contribution is 2.38. The van der Waals surface area contributed by atoms with Crippen molar-refractivity contribution in [3.8, 4) is 0 Å². The number of carbonyl (C=O) groups excluding carboxylic acids is 1. The summed E-state index contributed by atoms with van der Waals surface area (Å²) in [6, 6.07) is 8.50. The van der Waals surface area contributed by atoms with Crippen molar-refractivity contribution in [2.75, 3.05) is 7.05 Å². The molecule has 1 aliphatic carbocycles. The molecule has 2 N–H and O–H groups in total. The molecule has 1 aromatic carbocycles. The molecule has 136 valence electrons. The van der Waals surface area contributed by atoms with E-state index in [2.05, 4.69) is 31.2 Å². The monoisotopic (exact) mass is 341 g/mol. The Morgan fingerprint density at radius 1 is 1.24 bits per heavy atom. The number of benzene rings is 1. The minimum absolute atomic E-state index is 0.0976. The summed E-state index contributed by atoms with van der Waals surface area (Å²) in [6.45, 7) is 2.15. The standard InChI is InChI=1S/C21H31N3O/c1-16-9-6-7-12-18(16)13-8-14-21(15-17-10-4-3-5-11-17)19(25)24(2)20(22)23-21/h6-7,9,12,17H,3-5,8,10-11,13-15H2,1-2H3,(H2,22,23). The van der Waals surface area contributed by atoms with Gasteiger partial charge in [0, 0.05) is 7.05 Å². The summed E-state index contributed by atoms with van der Waals surface area (Å²) in [5, 5.41) is 0. The number of aliphatic imine (C=N–C) groups is 1. The molecule has 2 aliphatic rings. The average molecular weight is 341 g/mol. The van der Waals surface area contributed by atoms with E-state index >= 15 is 0 Å². The second-order valence-corrected chi connectivity index (χ2v) is 7.85. The van der Waals surface area contributed by atoms with E-state index in [1.807, 2.05) is 0 Å². The highest BCUT2D eigenvalue weighted by atomic mass is 16.2. The van der Waals surface area contributed by atoms with E-state index in [-0.39, 0.29) is 5.91 Å². The van der Waals surface area contributed by atoms with E-state index in [1.54, 1.807) is 11.9 Å². The summed E-state index contributed by atoms with van der Waals surface area (Å²) in [7, 11) is 1.76. The Kier molecular flexibility index (Phi) is 5.45. The van der Waals surface area contributed by atoms with Gasteiger partial charge in [-0.1, -0.05) is 56.4 Å². The van der Waals surface area contributed by atoms with Crippen LogP contribution >= 0.6 is 0 Å². The van der Waals surface area contributed by atoms with Crippen LogP contribution in [0.1, 0.15) is 62.5 Å². The van der Waals surface area contributed by atoms with Gasteiger partial charge < -0.3 is 5.73 Å².